The monoisotopic (exact) mass is 510 g/mol. The molecule has 1 aliphatic heterocycles. The van der Waals surface area contributed by atoms with Gasteiger partial charge in [-0.1, -0.05) is 30.3 Å². The molecule has 0 radical (unpaired) electrons. The third kappa shape index (κ3) is 6.11. The van der Waals surface area contributed by atoms with Crippen LogP contribution in [0.25, 0.3) is 11.1 Å². The maximum atomic E-state index is 13.4. The molecule has 2 aliphatic rings. The number of aliphatic hydroxyl groups excluding tert-OH is 1. The first-order chi connectivity index (χ1) is 17.8. The summed E-state index contributed by atoms with van der Waals surface area (Å²) >= 11 is 0. The fraction of sp³-hybridized carbons (Fsp3) is 0.536. The second-order valence-electron chi connectivity index (χ2n) is 10.3. The van der Waals surface area contributed by atoms with Crippen LogP contribution in [0.4, 0.5) is 4.79 Å². The minimum absolute atomic E-state index is 0.00644. The van der Waals surface area contributed by atoms with Gasteiger partial charge in [0.2, 0.25) is 5.91 Å². The lowest BCUT2D eigenvalue weighted by Gasteiger charge is -2.44. The molecule has 9 nitrogen and oxygen atoms in total. The van der Waals surface area contributed by atoms with Crippen LogP contribution < -0.4 is 11.1 Å². The number of hydrogen-bond donors (Lipinski definition) is 4. The van der Waals surface area contributed by atoms with Gasteiger partial charge < -0.3 is 30.9 Å². The van der Waals surface area contributed by atoms with Crippen molar-refractivity contribution in [3.8, 4) is 11.1 Å². The molecule has 2 fully saturated rings. The number of nitrogens with zero attached hydrogens (tertiary/aromatic N) is 2. The van der Waals surface area contributed by atoms with Crippen molar-refractivity contribution >= 4 is 12.0 Å². The number of nitrogens with one attached hydrogen (secondary N) is 1. The Kier molecular flexibility index (Phi) is 8.79. The molecule has 2 amide bonds. The summed E-state index contributed by atoms with van der Waals surface area (Å²) in [4.78, 5) is 31.0. The summed E-state index contributed by atoms with van der Waals surface area (Å²) in [5.41, 5.74) is 7.32. The molecule has 9 heteroatoms. The molecule has 4 rings (SSSR count). The third-order valence-electron chi connectivity index (χ3n) is 7.89. The molecule has 2 unspecified atom stereocenters. The van der Waals surface area contributed by atoms with E-state index in [-0.39, 0.29) is 23.8 Å². The van der Waals surface area contributed by atoms with Crippen molar-refractivity contribution in [3.05, 3.63) is 54.4 Å². The van der Waals surface area contributed by atoms with Gasteiger partial charge in [-0.3, -0.25) is 9.78 Å². The van der Waals surface area contributed by atoms with Crippen molar-refractivity contribution in [2.75, 3.05) is 26.7 Å². The van der Waals surface area contributed by atoms with Crippen molar-refractivity contribution < 1.29 is 24.5 Å². The van der Waals surface area contributed by atoms with E-state index in [4.69, 9.17) is 5.73 Å². The number of amides is 2. The van der Waals surface area contributed by atoms with Gasteiger partial charge in [-0.25, -0.2) is 4.79 Å². The summed E-state index contributed by atoms with van der Waals surface area (Å²) < 4.78 is 4.67. The van der Waals surface area contributed by atoms with Gasteiger partial charge in [0.1, 0.15) is 0 Å². The van der Waals surface area contributed by atoms with Crippen LogP contribution in [0.3, 0.4) is 0 Å². The van der Waals surface area contributed by atoms with Crippen LogP contribution in [0, 0.1) is 11.8 Å². The molecule has 0 spiro atoms. The summed E-state index contributed by atoms with van der Waals surface area (Å²) in [7, 11) is 1.32. The summed E-state index contributed by atoms with van der Waals surface area (Å²) in [6.45, 7) is 1.40. The maximum Gasteiger partial charge on any atom is 0.406 e. The average molecular weight is 511 g/mol. The molecule has 0 bridgehead atoms. The Morgan fingerprint density at radius 1 is 1.24 bits per heavy atom. The van der Waals surface area contributed by atoms with Gasteiger partial charge in [-0.2, -0.15) is 0 Å². The molecule has 1 saturated heterocycles. The smallest absolute Gasteiger partial charge is 0.406 e. The number of carbonyl (C=O) groups is 2. The minimum Gasteiger partial charge on any atom is -0.453 e. The summed E-state index contributed by atoms with van der Waals surface area (Å²) in [5, 5.41) is 25.2. The van der Waals surface area contributed by atoms with E-state index in [0.29, 0.717) is 45.3 Å². The number of rotatable bonds is 8. The second kappa shape index (κ2) is 12.0. The Hall–Kier alpha value is -3.01. The van der Waals surface area contributed by atoms with E-state index in [1.54, 1.807) is 12.4 Å². The lowest BCUT2D eigenvalue weighted by molar-refractivity contribution is -0.141. The summed E-state index contributed by atoms with van der Waals surface area (Å²) in [5.74, 6) is -0.489. The van der Waals surface area contributed by atoms with Crippen LogP contribution in [-0.4, -0.2) is 71.0 Å². The number of methoxy groups -OCH3 is 1. The molecule has 1 saturated carbocycles. The topological polar surface area (TPSA) is 138 Å². The molecule has 5 atom stereocenters. The first kappa shape index (κ1) is 27.0. The predicted octanol–water partition coefficient (Wildman–Crippen LogP) is 2.41. The van der Waals surface area contributed by atoms with Gasteiger partial charge in [0.25, 0.3) is 0 Å². The average Bonchev–Trinajstić information content (AvgIpc) is 3.28. The van der Waals surface area contributed by atoms with Crippen LogP contribution in [-0.2, 0) is 15.1 Å². The van der Waals surface area contributed by atoms with Gasteiger partial charge in [0.15, 0.2) is 0 Å². The number of benzene rings is 1. The fourth-order valence-electron chi connectivity index (χ4n) is 5.89. The largest absolute Gasteiger partial charge is 0.453 e. The maximum absolute atomic E-state index is 13.4. The van der Waals surface area contributed by atoms with Gasteiger partial charge in [0.05, 0.1) is 18.8 Å². The summed E-state index contributed by atoms with van der Waals surface area (Å²) in [6, 6.07) is 11.3. The van der Waals surface area contributed by atoms with Gasteiger partial charge >= 0.3 is 6.09 Å². The second-order valence-corrected chi connectivity index (χ2v) is 10.3. The molecule has 5 N–H and O–H groups in total. The normalized spacial score (nSPS) is 25.4. The number of pyridine rings is 1. The fourth-order valence-corrected chi connectivity index (χ4v) is 5.89. The highest BCUT2D eigenvalue weighted by atomic mass is 16.5. The van der Waals surface area contributed by atoms with E-state index in [9.17, 15) is 19.8 Å². The van der Waals surface area contributed by atoms with Gasteiger partial charge in [-0.05, 0) is 55.7 Å². The zero-order chi connectivity index (χ0) is 26.4. The van der Waals surface area contributed by atoms with E-state index in [1.165, 1.54) is 7.11 Å². The molecule has 200 valence electrons. The van der Waals surface area contributed by atoms with Crippen molar-refractivity contribution in [3.63, 3.8) is 0 Å². The first-order valence-corrected chi connectivity index (χ1v) is 13.1. The van der Waals surface area contributed by atoms with Crippen LogP contribution in [0.5, 0.6) is 0 Å². The number of alkyl carbamates (subject to hydrolysis) is 1. The Morgan fingerprint density at radius 2 is 2.05 bits per heavy atom. The molecular formula is C28H38N4O5. The lowest BCUT2D eigenvalue weighted by atomic mass is 9.72. The number of carbonyl (C=O) groups excluding carboxylic acids is 2. The SMILES string of the molecule is COC(=O)NCCCC(O)(c1ccccc1-c1cccnc1)C1CCCN(C(=O)[C@H]2C[C@@H](N)[C@@H](O)C2)C1. The number of aliphatic hydroxyl groups is 2. The lowest BCUT2D eigenvalue weighted by Crippen LogP contribution is -2.49. The molecule has 2 aromatic rings. The van der Waals surface area contributed by atoms with Gasteiger partial charge in [-0.15, -0.1) is 0 Å². The summed E-state index contributed by atoms with van der Waals surface area (Å²) in [6.07, 6.45) is 5.66. The molecule has 37 heavy (non-hydrogen) atoms. The van der Waals surface area contributed by atoms with Crippen LogP contribution in [0.2, 0.25) is 0 Å². The van der Waals surface area contributed by atoms with E-state index in [0.717, 1.165) is 29.5 Å². The van der Waals surface area contributed by atoms with Crippen molar-refractivity contribution in [1.29, 1.82) is 0 Å². The molecular weight excluding hydrogens is 472 g/mol. The number of piperidine rings is 1. The quantitative estimate of drug-likeness (QED) is 0.400. The molecule has 1 aromatic heterocycles. The van der Waals surface area contributed by atoms with E-state index in [1.807, 2.05) is 41.3 Å². The Morgan fingerprint density at radius 3 is 2.76 bits per heavy atom. The predicted molar refractivity (Wildman–Crippen MR) is 139 cm³/mol. The molecule has 1 aliphatic carbocycles. The zero-order valence-corrected chi connectivity index (χ0v) is 21.4. The van der Waals surface area contributed by atoms with Crippen molar-refractivity contribution in [1.82, 2.24) is 15.2 Å². The number of ether oxygens (including phenoxy) is 1. The van der Waals surface area contributed by atoms with Crippen LogP contribution >= 0.6 is 0 Å². The number of aromatic nitrogens is 1. The molecule has 2 heterocycles. The highest BCUT2D eigenvalue weighted by Crippen LogP contribution is 2.43. The number of nitrogens with two attached hydrogens (primary N) is 1. The third-order valence-corrected chi connectivity index (χ3v) is 7.89. The Bertz CT molecular complexity index is 1060. The molecule has 1 aromatic carbocycles. The van der Waals surface area contributed by atoms with E-state index < -0.39 is 17.8 Å². The van der Waals surface area contributed by atoms with Gasteiger partial charge in [0, 0.05) is 55.5 Å². The van der Waals surface area contributed by atoms with Crippen molar-refractivity contribution in [2.45, 2.75) is 56.3 Å². The Balaban J connectivity index is 1.61. The standard InChI is InChI=1S/C28H38N4O5/c1-37-27(35)31-13-6-11-28(36,23-10-3-2-9-22(23)19-7-4-12-30-17-19)21-8-5-14-32(18-21)26(34)20-15-24(29)25(33)16-20/h2-4,7,9-10,12,17,20-21,24-25,33,36H,5-6,8,11,13-16,18,29H2,1H3,(H,31,35)/t20-,21?,24+,25-,28?/m0/s1. The van der Waals surface area contributed by atoms with E-state index >= 15 is 0 Å². The number of hydrogen-bond acceptors (Lipinski definition) is 7. The first-order valence-electron chi connectivity index (χ1n) is 13.1. The van der Waals surface area contributed by atoms with Crippen LogP contribution in [0.15, 0.2) is 48.8 Å². The highest BCUT2D eigenvalue weighted by molar-refractivity contribution is 5.79. The van der Waals surface area contributed by atoms with Crippen molar-refractivity contribution in [2.24, 2.45) is 17.6 Å². The van der Waals surface area contributed by atoms with Crippen LogP contribution in [0.1, 0.15) is 44.1 Å². The highest BCUT2D eigenvalue weighted by Gasteiger charge is 2.44. The minimum atomic E-state index is -1.24. The Labute approximate surface area is 218 Å². The zero-order valence-electron chi connectivity index (χ0n) is 21.4. The van der Waals surface area contributed by atoms with E-state index in [2.05, 4.69) is 15.0 Å². The number of likely N-dealkylation sites (tertiary alicyclic amines) is 1.